The van der Waals surface area contributed by atoms with Crippen LogP contribution < -0.4 is 10.6 Å². The molecule has 2 amide bonds. The van der Waals surface area contributed by atoms with E-state index in [9.17, 15) is 19.5 Å². The number of hydrogen-bond acceptors (Lipinski definition) is 4. The first-order chi connectivity index (χ1) is 22.8. The Labute approximate surface area is 296 Å². The van der Waals surface area contributed by atoms with Crippen LogP contribution in [-0.2, 0) is 14.3 Å². The lowest BCUT2D eigenvalue weighted by Crippen LogP contribution is -2.69. The number of allylic oxidation sites excluding steroid dienone is 1. The summed E-state index contributed by atoms with van der Waals surface area (Å²) in [7, 11) is 0. The van der Waals surface area contributed by atoms with Crippen molar-refractivity contribution in [2.24, 2.45) is 56.7 Å². The van der Waals surface area contributed by atoms with E-state index in [1.54, 1.807) is 13.8 Å². The molecular weight excluding hydrogens is 612 g/mol. The third-order valence-corrected chi connectivity index (χ3v) is 16.7. The molecule has 6 aliphatic rings. The molecule has 6 aliphatic carbocycles. The Hall–Kier alpha value is -2.05. The SMILES string of the molecule is C=C(C)[C@@H]1CC[C@]2(NC(=O)NC3CCCCC3)CC[C@]3(C)C(CCC4C5(C)CC[C@H](OC(=O)CC(C)(C)C(=O)O)C(C)(C)C5CC[C@]43C)C12. The van der Waals surface area contributed by atoms with Crippen molar-refractivity contribution in [1.82, 2.24) is 10.6 Å². The number of urea groups is 1. The third-order valence-electron chi connectivity index (χ3n) is 16.7. The van der Waals surface area contributed by atoms with E-state index in [-0.39, 0.29) is 45.8 Å². The molecule has 6 fully saturated rings. The Kier molecular flexibility index (Phi) is 9.42. The van der Waals surface area contributed by atoms with Gasteiger partial charge in [0.1, 0.15) is 6.10 Å². The Balaban J connectivity index is 1.23. The first-order valence-electron chi connectivity index (χ1n) is 20.0. The van der Waals surface area contributed by atoms with E-state index in [1.807, 2.05) is 0 Å². The van der Waals surface area contributed by atoms with Gasteiger partial charge < -0.3 is 20.5 Å². The summed E-state index contributed by atoms with van der Waals surface area (Å²) in [5.74, 6) is 1.07. The zero-order valence-corrected chi connectivity index (χ0v) is 32.1. The number of rotatable bonds is 7. The van der Waals surface area contributed by atoms with E-state index < -0.39 is 17.4 Å². The summed E-state index contributed by atoms with van der Waals surface area (Å²) >= 11 is 0. The van der Waals surface area contributed by atoms with Gasteiger partial charge in [0.05, 0.1) is 11.8 Å². The zero-order chi connectivity index (χ0) is 35.8. The summed E-state index contributed by atoms with van der Waals surface area (Å²) in [6.07, 6.45) is 16.5. The molecule has 0 aromatic carbocycles. The molecular formula is C42H68N2O5. The van der Waals surface area contributed by atoms with Gasteiger partial charge in [-0.3, -0.25) is 9.59 Å². The fraction of sp³-hybridized carbons (Fsp3) is 0.881. The van der Waals surface area contributed by atoms with Crippen molar-refractivity contribution in [1.29, 1.82) is 0 Å². The average Bonchev–Trinajstić information content (AvgIpc) is 3.38. The second kappa shape index (κ2) is 12.6. The molecule has 0 saturated heterocycles. The Morgan fingerprint density at radius 2 is 1.51 bits per heavy atom. The van der Waals surface area contributed by atoms with E-state index in [0.29, 0.717) is 35.6 Å². The second-order valence-corrected chi connectivity index (χ2v) is 20.0. The second-order valence-electron chi connectivity index (χ2n) is 20.0. The number of amides is 2. The first-order valence-corrected chi connectivity index (χ1v) is 20.0. The van der Waals surface area contributed by atoms with Gasteiger partial charge in [0.25, 0.3) is 0 Å². The van der Waals surface area contributed by atoms with Gasteiger partial charge in [0, 0.05) is 17.0 Å². The van der Waals surface area contributed by atoms with Gasteiger partial charge in [-0.15, -0.1) is 0 Å². The molecule has 0 aliphatic heterocycles. The summed E-state index contributed by atoms with van der Waals surface area (Å²) in [4.78, 5) is 38.5. The van der Waals surface area contributed by atoms with Crippen LogP contribution >= 0.6 is 0 Å². The Morgan fingerprint density at radius 3 is 2.16 bits per heavy atom. The number of ether oxygens (including phenoxy) is 1. The molecule has 0 spiro atoms. The van der Waals surface area contributed by atoms with Crippen molar-refractivity contribution < 1.29 is 24.2 Å². The van der Waals surface area contributed by atoms with E-state index in [0.717, 1.165) is 57.8 Å². The summed E-state index contributed by atoms with van der Waals surface area (Å²) < 4.78 is 6.18. The van der Waals surface area contributed by atoms with Gasteiger partial charge in [-0.2, -0.15) is 0 Å². The number of carbonyl (C=O) groups is 3. The minimum absolute atomic E-state index is 0.0574. The number of nitrogens with one attached hydrogen (secondary N) is 2. The average molecular weight is 681 g/mol. The van der Waals surface area contributed by atoms with Gasteiger partial charge >= 0.3 is 18.0 Å². The van der Waals surface area contributed by atoms with E-state index in [2.05, 4.69) is 58.8 Å². The fourth-order valence-electron chi connectivity index (χ4n) is 13.9. The number of carbonyl (C=O) groups excluding carboxylic acids is 2. The fourth-order valence-corrected chi connectivity index (χ4v) is 13.9. The van der Waals surface area contributed by atoms with Crippen molar-refractivity contribution in [2.45, 2.75) is 176 Å². The standard InChI is InChI=1S/C42H68N2O5/c1-26(2)28-17-22-42(44-36(48)43-27-13-11-10-12-14-27)24-23-40(8)29(34(28)42)15-16-31-39(7)20-19-32(49-33(45)25-37(3,4)35(46)47)38(5,6)30(39)18-21-41(31,40)9/h27-32,34H,1,10-25H2,2-9H3,(H,46,47)(H2,43,44,48)/t28-,29?,30?,31?,32-,34?,39?,40+,41+,42-/m0/s1. The number of fused-ring (bicyclic) bond motifs is 7. The number of esters is 1. The monoisotopic (exact) mass is 681 g/mol. The number of hydrogen-bond donors (Lipinski definition) is 3. The quantitative estimate of drug-likeness (QED) is 0.184. The van der Waals surface area contributed by atoms with Crippen LogP contribution in [0.5, 0.6) is 0 Å². The maximum Gasteiger partial charge on any atom is 0.315 e. The van der Waals surface area contributed by atoms with Crippen LogP contribution in [0.25, 0.3) is 0 Å². The van der Waals surface area contributed by atoms with Gasteiger partial charge in [-0.05, 0) is 144 Å². The molecule has 0 radical (unpaired) electrons. The molecule has 7 nitrogen and oxygen atoms in total. The van der Waals surface area contributed by atoms with Crippen LogP contribution in [0.1, 0.15) is 158 Å². The van der Waals surface area contributed by atoms with Crippen LogP contribution in [0.4, 0.5) is 4.79 Å². The van der Waals surface area contributed by atoms with Crippen LogP contribution in [0.3, 0.4) is 0 Å². The topological polar surface area (TPSA) is 105 Å². The summed E-state index contributed by atoms with van der Waals surface area (Å²) in [6, 6.07) is 0.363. The minimum Gasteiger partial charge on any atom is -0.481 e. The molecule has 6 rings (SSSR count). The van der Waals surface area contributed by atoms with E-state index in [4.69, 9.17) is 4.74 Å². The maximum absolute atomic E-state index is 13.7. The van der Waals surface area contributed by atoms with Crippen molar-refractivity contribution in [3.05, 3.63) is 12.2 Å². The van der Waals surface area contributed by atoms with Crippen molar-refractivity contribution in [3.63, 3.8) is 0 Å². The highest BCUT2D eigenvalue weighted by atomic mass is 16.5. The largest absolute Gasteiger partial charge is 0.481 e. The van der Waals surface area contributed by atoms with E-state index >= 15 is 0 Å². The number of carboxylic acid groups (broad SMARTS) is 1. The van der Waals surface area contributed by atoms with Gasteiger partial charge in [0.2, 0.25) is 0 Å². The van der Waals surface area contributed by atoms with Crippen molar-refractivity contribution in [3.8, 4) is 0 Å². The van der Waals surface area contributed by atoms with E-state index in [1.165, 1.54) is 44.1 Å². The zero-order valence-electron chi connectivity index (χ0n) is 32.1. The molecule has 0 aromatic heterocycles. The molecule has 5 unspecified atom stereocenters. The Morgan fingerprint density at radius 1 is 0.816 bits per heavy atom. The lowest BCUT2D eigenvalue weighted by Gasteiger charge is -2.73. The maximum atomic E-state index is 13.7. The number of carboxylic acids is 1. The first kappa shape index (κ1) is 36.7. The molecule has 49 heavy (non-hydrogen) atoms. The van der Waals surface area contributed by atoms with Gasteiger partial charge in [-0.1, -0.05) is 66.0 Å². The van der Waals surface area contributed by atoms with Crippen molar-refractivity contribution >= 4 is 18.0 Å². The lowest BCUT2D eigenvalue weighted by atomic mass is 9.32. The van der Waals surface area contributed by atoms with Crippen LogP contribution in [0.2, 0.25) is 0 Å². The predicted octanol–water partition coefficient (Wildman–Crippen LogP) is 9.44. The van der Waals surface area contributed by atoms with Crippen LogP contribution in [0, 0.1) is 56.7 Å². The summed E-state index contributed by atoms with van der Waals surface area (Å²) in [5, 5.41) is 16.7. The van der Waals surface area contributed by atoms with Crippen LogP contribution in [0.15, 0.2) is 12.2 Å². The predicted molar refractivity (Wildman–Crippen MR) is 194 cm³/mol. The molecule has 0 aromatic rings. The lowest BCUT2D eigenvalue weighted by molar-refractivity contribution is -0.246. The molecule has 10 atom stereocenters. The summed E-state index contributed by atoms with van der Waals surface area (Å²) in [5.41, 5.74) is 0.302. The van der Waals surface area contributed by atoms with Crippen LogP contribution in [-0.4, -0.2) is 40.8 Å². The molecule has 7 heteroatoms. The Bertz CT molecular complexity index is 1330. The molecule has 3 N–H and O–H groups in total. The normalized spacial score (nSPS) is 43.2. The van der Waals surface area contributed by atoms with Crippen molar-refractivity contribution in [2.75, 3.05) is 0 Å². The molecule has 0 heterocycles. The smallest absolute Gasteiger partial charge is 0.315 e. The highest BCUT2D eigenvalue weighted by Crippen LogP contribution is 2.76. The van der Waals surface area contributed by atoms with Gasteiger partial charge in [0.15, 0.2) is 0 Å². The molecule has 276 valence electrons. The highest BCUT2D eigenvalue weighted by Gasteiger charge is 2.71. The minimum atomic E-state index is -1.14. The number of aliphatic carboxylic acids is 1. The molecule has 0 bridgehead atoms. The third kappa shape index (κ3) is 5.87. The van der Waals surface area contributed by atoms with Gasteiger partial charge in [-0.25, -0.2) is 4.79 Å². The summed E-state index contributed by atoms with van der Waals surface area (Å²) in [6.45, 7) is 22.4. The molecule has 6 saturated carbocycles. The highest BCUT2D eigenvalue weighted by molar-refractivity contribution is 5.81.